The molecule has 0 spiro atoms. The van der Waals surface area contributed by atoms with Crippen LogP contribution in [0.4, 0.5) is 5.69 Å². The summed E-state index contributed by atoms with van der Waals surface area (Å²) in [6, 6.07) is 7.84. The predicted molar refractivity (Wildman–Crippen MR) is 63.6 cm³/mol. The SMILES string of the molecule is O=C1CC(C(=O)NC2CC2)c2ccccc2N1. The van der Waals surface area contributed by atoms with E-state index in [1.54, 1.807) is 0 Å². The van der Waals surface area contributed by atoms with E-state index >= 15 is 0 Å². The summed E-state index contributed by atoms with van der Waals surface area (Å²) in [7, 11) is 0. The standard InChI is InChI=1S/C13H14N2O2/c16-12-7-10(13(17)14-8-5-6-8)9-3-1-2-4-11(9)15-12/h1-4,8,10H,5-7H2,(H,14,17)(H,15,16). The van der Waals surface area contributed by atoms with Crippen LogP contribution in [0.3, 0.4) is 0 Å². The fourth-order valence-corrected chi connectivity index (χ4v) is 2.17. The van der Waals surface area contributed by atoms with Gasteiger partial charge in [0.05, 0.1) is 5.92 Å². The maximum atomic E-state index is 12.1. The molecule has 4 nitrogen and oxygen atoms in total. The summed E-state index contributed by atoms with van der Waals surface area (Å²) in [6.45, 7) is 0. The Morgan fingerprint density at radius 2 is 2.06 bits per heavy atom. The third-order valence-corrected chi connectivity index (χ3v) is 3.24. The van der Waals surface area contributed by atoms with Crippen LogP contribution in [0, 0.1) is 0 Å². The zero-order chi connectivity index (χ0) is 11.8. The highest BCUT2D eigenvalue weighted by Gasteiger charge is 2.33. The van der Waals surface area contributed by atoms with E-state index in [-0.39, 0.29) is 24.2 Å². The summed E-state index contributed by atoms with van der Waals surface area (Å²) in [5.41, 5.74) is 1.69. The number of hydrogen-bond acceptors (Lipinski definition) is 2. The van der Waals surface area contributed by atoms with Gasteiger partial charge >= 0.3 is 0 Å². The molecule has 1 unspecified atom stereocenters. The van der Waals surface area contributed by atoms with Crippen LogP contribution >= 0.6 is 0 Å². The van der Waals surface area contributed by atoms with Crippen molar-refractivity contribution in [3.8, 4) is 0 Å². The largest absolute Gasteiger partial charge is 0.353 e. The molecule has 88 valence electrons. The third-order valence-electron chi connectivity index (χ3n) is 3.24. The molecule has 1 aromatic rings. The van der Waals surface area contributed by atoms with Crippen LogP contribution in [0.25, 0.3) is 0 Å². The predicted octanol–water partition coefficient (Wildman–Crippen LogP) is 1.39. The van der Waals surface area contributed by atoms with Crippen molar-refractivity contribution in [1.29, 1.82) is 0 Å². The van der Waals surface area contributed by atoms with Gasteiger partial charge in [-0.15, -0.1) is 0 Å². The molecule has 2 N–H and O–H groups in total. The van der Waals surface area contributed by atoms with Gasteiger partial charge in [0.1, 0.15) is 0 Å². The van der Waals surface area contributed by atoms with E-state index in [9.17, 15) is 9.59 Å². The Morgan fingerprint density at radius 3 is 2.82 bits per heavy atom. The van der Waals surface area contributed by atoms with E-state index in [1.165, 1.54) is 0 Å². The first-order valence-corrected chi connectivity index (χ1v) is 5.93. The van der Waals surface area contributed by atoms with E-state index in [2.05, 4.69) is 10.6 Å². The molecule has 2 amide bonds. The van der Waals surface area contributed by atoms with Crippen molar-refractivity contribution in [1.82, 2.24) is 5.32 Å². The minimum atomic E-state index is -0.333. The Hall–Kier alpha value is -1.84. The molecular formula is C13H14N2O2. The lowest BCUT2D eigenvalue weighted by molar-refractivity contribution is -0.126. The van der Waals surface area contributed by atoms with Gasteiger partial charge in [-0.3, -0.25) is 9.59 Å². The Kier molecular flexibility index (Phi) is 2.35. The molecule has 2 aliphatic rings. The van der Waals surface area contributed by atoms with Crippen LogP contribution < -0.4 is 10.6 Å². The first-order chi connectivity index (χ1) is 8.24. The summed E-state index contributed by atoms with van der Waals surface area (Å²) in [5.74, 6) is -0.435. The van der Waals surface area contributed by atoms with Crippen molar-refractivity contribution in [2.45, 2.75) is 31.2 Å². The number of carbonyl (C=O) groups excluding carboxylic acids is 2. The molecule has 0 bridgehead atoms. The lowest BCUT2D eigenvalue weighted by Crippen LogP contribution is -2.36. The number of carbonyl (C=O) groups is 2. The Morgan fingerprint density at radius 1 is 1.29 bits per heavy atom. The highest BCUT2D eigenvalue weighted by Crippen LogP contribution is 2.32. The Bertz CT molecular complexity index is 480. The molecule has 0 radical (unpaired) electrons. The highest BCUT2D eigenvalue weighted by molar-refractivity contribution is 6.01. The molecule has 17 heavy (non-hydrogen) atoms. The number of para-hydroxylation sites is 1. The van der Waals surface area contributed by atoms with Crippen molar-refractivity contribution in [2.24, 2.45) is 0 Å². The van der Waals surface area contributed by atoms with Gasteiger partial charge in [-0.05, 0) is 24.5 Å². The minimum absolute atomic E-state index is 0.0187. The van der Waals surface area contributed by atoms with E-state index in [4.69, 9.17) is 0 Å². The fourth-order valence-electron chi connectivity index (χ4n) is 2.17. The molecule has 1 fully saturated rings. The topological polar surface area (TPSA) is 58.2 Å². The summed E-state index contributed by atoms with van der Waals surface area (Å²) < 4.78 is 0. The number of rotatable bonds is 2. The Labute approximate surface area is 99.4 Å². The minimum Gasteiger partial charge on any atom is -0.353 e. The quantitative estimate of drug-likeness (QED) is 0.806. The molecule has 1 saturated carbocycles. The average molecular weight is 230 g/mol. The second-order valence-electron chi connectivity index (χ2n) is 4.67. The van der Waals surface area contributed by atoms with Crippen molar-refractivity contribution >= 4 is 17.5 Å². The normalized spacial score (nSPS) is 22.6. The van der Waals surface area contributed by atoms with Crippen molar-refractivity contribution < 1.29 is 9.59 Å². The van der Waals surface area contributed by atoms with Crippen LogP contribution in [0.2, 0.25) is 0 Å². The molecular weight excluding hydrogens is 216 g/mol. The molecule has 4 heteroatoms. The zero-order valence-electron chi connectivity index (χ0n) is 9.40. The smallest absolute Gasteiger partial charge is 0.228 e. The molecule has 1 heterocycles. The van der Waals surface area contributed by atoms with E-state index in [1.807, 2.05) is 24.3 Å². The summed E-state index contributed by atoms with van der Waals surface area (Å²) in [4.78, 5) is 23.6. The number of nitrogens with one attached hydrogen (secondary N) is 2. The molecule has 1 aliphatic carbocycles. The van der Waals surface area contributed by atoms with Gasteiger partial charge in [-0.25, -0.2) is 0 Å². The second kappa shape index (κ2) is 3.87. The van der Waals surface area contributed by atoms with E-state index < -0.39 is 0 Å². The van der Waals surface area contributed by atoms with Crippen LogP contribution in [-0.4, -0.2) is 17.9 Å². The zero-order valence-corrected chi connectivity index (χ0v) is 9.40. The Balaban J connectivity index is 1.88. The van der Waals surface area contributed by atoms with Gasteiger partial charge in [0, 0.05) is 18.2 Å². The third kappa shape index (κ3) is 2.02. The first-order valence-electron chi connectivity index (χ1n) is 5.93. The molecule has 3 rings (SSSR count). The summed E-state index contributed by atoms with van der Waals surface area (Å²) in [6.07, 6.45) is 2.37. The lowest BCUT2D eigenvalue weighted by atomic mass is 9.90. The van der Waals surface area contributed by atoms with Crippen molar-refractivity contribution in [2.75, 3.05) is 5.32 Å². The van der Waals surface area contributed by atoms with Crippen LogP contribution in [0.5, 0.6) is 0 Å². The molecule has 1 aliphatic heterocycles. The van der Waals surface area contributed by atoms with E-state index in [0.29, 0.717) is 6.04 Å². The van der Waals surface area contributed by atoms with E-state index in [0.717, 1.165) is 24.1 Å². The molecule has 0 saturated heterocycles. The van der Waals surface area contributed by atoms with Crippen LogP contribution in [0.1, 0.15) is 30.7 Å². The summed E-state index contributed by atoms with van der Waals surface area (Å²) in [5, 5.41) is 5.76. The van der Waals surface area contributed by atoms with Gasteiger partial charge < -0.3 is 10.6 Å². The van der Waals surface area contributed by atoms with Crippen LogP contribution in [0.15, 0.2) is 24.3 Å². The second-order valence-corrected chi connectivity index (χ2v) is 4.67. The van der Waals surface area contributed by atoms with Gasteiger partial charge in [0.2, 0.25) is 11.8 Å². The van der Waals surface area contributed by atoms with Crippen molar-refractivity contribution in [3.05, 3.63) is 29.8 Å². The van der Waals surface area contributed by atoms with Crippen molar-refractivity contribution in [3.63, 3.8) is 0 Å². The maximum absolute atomic E-state index is 12.1. The number of fused-ring (bicyclic) bond motifs is 1. The molecule has 1 aromatic carbocycles. The monoisotopic (exact) mass is 230 g/mol. The van der Waals surface area contributed by atoms with Crippen LogP contribution in [-0.2, 0) is 9.59 Å². The van der Waals surface area contributed by atoms with Gasteiger partial charge in [-0.2, -0.15) is 0 Å². The van der Waals surface area contributed by atoms with Gasteiger partial charge in [0.15, 0.2) is 0 Å². The number of benzene rings is 1. The van der Waals surface area contributed by atoms with Gasteiger partial charge in [0.25, 0.3) is 0 Å². The molecule has 0 aromatic heterocycles. The van der Waals surface area contributed by atoms with Gasteiger partial charge in [-0.1, -0.05) is 18.2 Å². The highest BCUT2D eigenvalue weighted by atomic mass is 16.2. The maximum Gasteiger partial charge on any atom is 0.228 e. The number of amides is 2. The lowest BCUT2D eigenvalue weighted by Gasteiger charge is -2.24. The average Bonchev–Trinajstić information content (AvgIpc) is 3.11. The first kappa shape index (κ1) is 10.3. The summed E-state index contributed by atoms with van der Waals surface area (Å²) >= 11 is 0. The molecule has 1 atom stereocenters. The number of hydrogen-bond donors (Lipinski definition) is 2. The number of anilines is 1. The fraction of sp³-hybridized carbons (Fsp3) is 0.385.